The van der Waals surface area contributed by atoms with E-state index < -0.39 is 41.5 Å². The number of benzene rings is 2. The average molecular weight is 430 g/mol. The predicted octanol–water partition coefficient (Wildman–Crippen LogP) is 1.05. The van der Waals surface area contributed by atoms with Gasteiger partial charge < -0.3 is 0 Å². The van der Waals surface area contributed by atoms with E-state index >= 15 is 0 Å². The predicted molar refractivity (Wildman–Crippen MR) is 86.6 cm³/mol. The van der Waals surface area contributed by atoms with Gasteiger partial charge in [-0.1, -0.05) is 24.3 Å². The molecule has 0 atom stereocenters. The summed E-state index contributed by atoms with van der Waals surface area (Å²) < 4.78 is 92.0. The van der Waals surface area contributed by atoms with Crippen molar-refractivity contribution in [3.8, 4) is 0 Å². The summed E-state index contributed by atoms with van der Waals surface area (Å²) in [5.41, 5.74) is 0. The van der Waals surface area contributed by atoms with Crippen LogP contribution >= 0.6 is 0 Å². The van der Waals surface area contributed by atoms with Crippen LogP contribution in [0.15, 0.2) is 64.4 Å². The van der Waals surface area contributed by atoms with Crippen molar-refractivity contribution >= 4 is 20.0 Å². The fourth-order valence-corrected chi connectivity index (χ4v) is 3.21. The number of hydrazine groups is 2. The molecule has 0 saturated carbocycles. The SMILES string of the molecule is NN(C(F)(F)F)S(=O)(=O)c1ccccc1.NNS(=O)(=O)c1cccc(F)c1. The summed E-state index contributed by atoms with van der Waals surface area (Å²) in [6, 6.07) is 10.7. The maximum atomic E-state index is 12.5. The Kier molecular flexibility index (Phi) is 7.41. The van der Waals surface area contributed by atoms with Crippen LogP contribution in [0.5, 0.6) is 0 Å². The first-order valence-corrected chi connectivity index (χ1v) is 9.64. The number of halogens is 4. The molecule has 0 aromatic heterocycles. The topological polar surface area (TPSA) is 136 Å². The minimum atomic E-state index is -5.13. The van der Waals surface area contributed by atoms with Gasteiger partial charge in [-0.25, -0.2) is 27.1 Å². The molecule has 2 rings (SSSR count). The number of alkyl halides is 3. The van der Waals surface area contributed by atoms with E-state index in [1.165, 1.54) is 30.3 Å². The number of nitrogens with zero attached hydrogens (tertiary/aromatic N) is 1. The van der Waals surface area contributed by atoms with Gasteiger partial charge in [0.2, 0.25) is 0 Å². The van der Waals surface area contributed by atoms with Crippen LogP contribution in [0.1, 0.15) is 0 Å². The highest BCUT2D eigenvalue weighted by atomic mass is 32.2. The van der Waals surface area contributed by atoms with Crippen LogP contribution in [0.3, 0.4) is 0 Å². The van der Waals surface area contributed by atoms with Crippen molar-refractivity contribution in [2.24, 2.45) is 11.7 Å². The van der Waals surface area contributed by atoms with Crippen LogP contribution < -0.4 is 16.5 Å². The van der Waals surface area contributed by atoms with E-state index in [-0.39, 0.29) is 4.90 Å². The lowest BCUT2D eigenvalue weighted by Crippen LogP contribution is -2.47. The maximum Gasteiger partial charge on any atom is 0.487 e. The standard InChI is InChI=1S/C7H7F3N2O2S.C6H7FN2O2S/c8-7(9,10)12(11)15(13,14)6-4-2-1-3-5-6;7-5-2-1-3-6(4-5)12(10,11)9-8/h1-5H,11H2;1-4,9H,8H2. The molecule has 0 aliphatic heterocycles. The largest absolute Gasteiger partial charge is 0.487 e. The molecule has 8 nitrogen and oxygen atoms in total. The maximum absolute atomic E-state index is 12.5. The van der Waals surface area contributed by atoms with E-state index in [4.69, 9.17) is 5.84 Å². The minimum absolute atomic E-state index is 0.190. The molecule has 0 radical (unpaired) electrons. The zero-order valence-corrected chi connectivity index (χ0v) is 14.9. The smallest absolute Gasteiger partial charge is 0.257 e. The molecule has 0 spiro atoms. The quantitative estimate of drug-likeness (QED) is 0.287. The van der Waals surface area contributed by atoms with E-state index in [9.17, 15) is 34.4 Å². The van der Waals surface area contributed by atoms with E-state index in [1.54, 1.807) is 4.83 Å². The monoisotopic (exact) mass is 430 g/mol. The van der Waals surface area contributed by atoms with Gasteiger partial charge in [0.05, 0.1) is 9.79 Å². The molecule has 0 aliphatic carbocycles. The number of hydrogen-bond donors (Lipinski definition) is 3. The second-order valence-electron chi connectivity index (χ2n) is 4.66. The van der Waals surface area contributed by atoms with Gasteiger partial charge in [0.25, 0.3) is 20.0 Å². The fourth-order valence-electron chi connectivity index (χ4n) is 1.54. The van der Waals surface area contributed by atoms with Crippen molar-refractivity contribution in [2.45, 2.75) is 16.1 Å². The van der Waals surface area contributed by atoms with Crippen molar-refractivity contribution < 1.29 is 34.4 Å². The van der Waals surface area contributed by atoms with Crippen LogP contribution in [0, 0.1) is 5.82 Å². The van der Waals surface area contributed by atoms with Gasteiger partial charge in [-0.05, 0) is 34.7 Å². The number of hydrogen-bond acceptors (Lipinski definition) is 6. The normalized spacial score (nSPS) is 12.4. The highest BCUT2D eigenvalue weighted by molar-refractivity contribution is 7.89. The average Bonchev–Trinajstić information content (AvgIpc) is 2.61. The van der Waals surface area contributed by atoms with Crippen molar-refractivity contribution in [1.29, 1.82) is 0 Å². The van der Waals surface area contributed by atoms with E-state index in [1.807, 2.05) is 0 Å². The molecule has 0 bridgehead atoms. The third-order valence-corrected chi connectivity index (χ3v) is 5.59. The highest BCUT2D eigenvalue weighted by Gasteiger charge is 2.44. The zero-order valence-electron chi connectivity index (χ0n) is 13.3. The lowest BCUT2D eigenvalue weighted by atomic mass is 10.4. The zero-order chi connectivity index (χ0) is 20.9. The molecule has 14 heteroatoms. The molecule has 5 N–H and O–H groups in total. The Bertz CT molecular complexity index is 967. The van der Waals surface area contributed by atoms with Crippen LogP contribution in [-0.4, -0.2) is 27.6 Å². The Morgan fingerprint density at radius 3 is 1.85 bits per heavy atom. The molecular formula is C13H14F4N4O4S2. The second-order valence-corrected chi connectivity index (χ2v) is 8.19. The summed E-state index contributed by atoms with van der Waals surface area (Å²) in [6.07, 6.45) is -5.13. The first kappa shape index (κ1) is 22.9. The van der Waals surface area contributed by atoms with Crippen LogP contribution in [0.25, 0.3) is 0 Å². The number of sulfonamides is 2. The van der Waals surface area contributed by atoms with Gasteiger partial charge in [0, 0.05) is 0 Å². The first-order valence-electron chi connectivity index (χ1n) is 6.72. The highest BCUT2D eigenvalue weighted by Crippen LogP contribution is 2.24. The lowest BCUT2D eigenvalue weighted by Gasteiger charge is -2.18. The third-order valence-electron chi connectivity index (χ3n) is 2.81. The molecule has 0 aliphatic rings. The van der Waals surface area contributed by atoms with Crippen molar-refractivity contribution in [1.82, 2.24) is 9.25 Å². The van der Waals surface area contributed by atoms with E-state index in [2.05, 4.69) is 5.84 Å². The summed E-state index contributed by atoms with van der Waals surface area (Å²) in [5, 5.41) is 0. The summed E-state index contributed by atoms with van der Waals surface area (Å²) in [6.45, 7) is 0. The summed E-state index contributed by atoms with van der Waals surface area (Å²) in [5.74, 6) is 8.59. The Morgan fingerprint density at radius 1 is 0.889 bits per heavy atom. The molecule has 0 unspecified atom stereocenters. The molecule has 150 valence electrons. The Labute approximate surface area is 152 Å². The van der Waals surface area contributed by atoms with Gasteiger partial charge in [-0.15, -0.1) is 0 Å². The minimum Gasteiger partial charge on any atom is -0.257 e. The second kappa shape index (κ2) is 8.73. The summed E-state index contributed by atoms with van der Waals surface area (Å²) >= 11 is 0. The molecule has 0 amide bonds. The van der Waals surface area contributed by atoms with Crippen molar-refractivity contribution in [3.63, 3.8) is 0 Å². The lowest BCUT2D eigenvalue weighted by molar-refractivity contribution is -0.211. The molecular weight excluding hydrogens is 416 g/mol. The Balaban J connectivity index is 0.000000277. The molecule has 0 saturated heterocycles. The van der Waals surface area contributed by atoms with E-state index in [0.29, 0.717) is 0 Å². The van der Waals surface area contributed by atoms with Crippen LogP contribution in [-0.2, 0) is 20.0 Å². The van der Waals surface area contributed by atoms with Gasteiger partial charge >= 0.3 is 6.30 Å². The van der Waals surface area contributed by atoms with Gasteiger partial charge in [0.15, 0.2) is 0 Å². The van der Waals surface area contributed by atoms with Gasteiger partial charge in [0.1, 0.15) is 5.82 Å². The van der Waals surface area contributed by atoms with E-state index in [0.717, 1.165) is 24.3 Å². The molecule has 2 aromatic rings. The number of nitrogens with two attached hydrogens (primary N) is 2. The molecule has 0 fully saturated rings. The van der Waals surface area contributed by atoms with Gasteiger partial charge in [-0.2, -0.15) is 18.0 Å². The third kappa shape index (κ3) is 6.23. The summed E-state index contributed by atoms with van der Waals surface area (Å²) in [7, 11) is -8.44. The van der Waals surface area contributed by atoms with Crippen molar-refractivity contribution in [3.05, 3.63) is 60.4 Å². The van der Waals surface area contributed by atoms with Crippen LogP contribution in [0.2, 0.25) is 0 Å². The molecule has 27 heavy (non-hydrogen) atoms. The molecule has 0 heterocycles. The Hall–Kier alpha value is -2.10. The summed E-state index contributed by atoms with van der Waals surface area (Å²) in [4.78, 5) is 0.891. The number of nitrogens with one attached hydrogen (secondary N) is 1. The van der Waals surface area contributed by atoms with Crippen LogP contribution in [0.4, 0.5) is 17.6 Å². The Morgan fingerprint density at radius 2 is 1.41 bits per heavy atom. The van der Waals surface area contributed by atoms with Gasteiger partial charge in [-0.3, -0.25) is 5.84 Å². The number of rotatable bonds is 4. The fraction of sp³-hybridized carbons (Fsp3) is 0.0769. The first-order chi connectivity index (χ1) is 12.3. The van der Waals surface area contributed by atoms with Crippen molar-refractivity contribution in [2.75, 3.05) is 0 Å². The molecule has 2 aromatic carbocycles.